The highest BCUT2D eigenvalue weighted by molar-refractivity contribution is 5.89. The normalized spacial score (nSPS) is 26.1. The van der Waals surface area contributed by atoms with E-state index in [2.05, 4.69) is 0 Å². The average molecular weight is 374 g/mol. The number of carbonyl (C=O) groups excluding carboxylic acids is 1. The molecule has 2 saturated carbocycles. The van der Waals surface area contributed by atoms with E-state index < -0.39 is 24.8 Å². The first-order chi connectivity index (χ1) is 13.0. The van der Waals surface area contributed by atoms with E-state index in [0.717, 1.165) is 37.7 Å². The van der Waals surface area contributed by atoms with Crippen molar-refractivity contribution in [1.82, 2.24) is 4.90 Å². The zero-order valence-corrected chi connectivity index (χ0v) is 14.8. The lowest BCUT2D eigenvalue weighted by molar-refractivity contribution is -0.140. The van der Waals surface area contributed by atoms with Crippen molar-refractivity contribution in [2.45, 2.75) is 50.2 Å². The number of nitrogens with zero attached hydrogens (tertiary/aromatic N) is 2. The van der Waals surface area contributed by atoms with Crippen LogP contribution in [0.1, 0.15) is 43.7 Å². The monoisotopic (exact) mass is 374 g/mol. The number of carboxylic acids is 1. The summed E-state index contributed by atoms with van der Waals surface area (Å²) in [5.74, 6) is -1.21. The molecule has 27 heavy (non-hydrogen) atoms. The van der Waals surface area contributed by atoms with Crippen molar-refractivity contribution in [3.63, 3.8) is 0 Å². The van der Waals surface area contributed by atoms with E-state index in [4.69, 9.17) is 9.84 Å². The van der Waals surface area contributed by atoms with Crippen LogP contribution in [0.15, 0.2) is 24.3 Å². The molecule has 1 heterocycles. The van der Waals surface area contributed by atoms with Crippen LogP contribution in [-0.2, 0) is 9.53 Å². The van der Waals surface area contributed by atoms with E-state index in [9.17, 15) is 19.5 Å². The van der Waals surface area contributed by atoms with Gasteiger partial charge in [0.1, 0.15) is 0 Å². The molecule has 8 nitrogen and oxygen atoms in total. The van der Waals surface area contributed by atoms with Gasteiger partial charge < -0.3 is 14.9 Å². The Morgan fingerprint density at radius 2 is 1.85 bits per heavy atom. The van der Waals surface area contributed by atoms with E-state index in [1.807, 2.05) is 12.1 Å². The van der Waals surface area contributed by atoms with Gasteiger partial charge in [-0.15, -0.1) is 0 Å². The molecule has 0 aromatic heterocycles. The molecule has 2 amide bonds. The molecule has 0 radical (unpaired) electrons. The minimum absolute atomic E-state index is 0.0157. The number of amides is 2. The number of carboxylic acid groups (broad SMARTS) is 2. The summed E-state index contributed by atoms with van der Waals surface area (Å²) < 4.78 is 5.02. The fraction of sp³-hybridized carbons (Fsp3) is 0.526. The van der Waals surface area contributed by atoms with Crippen LogP contribution in [-0.4, -0.2) is 52.0 Å². The number of anilines is 1. The summed E-state index contributed by atoms with van der Waals surface area (Å²) in [4.78, 5) is 38.6. The van der Waals surface area contributed by atoms with Gasteiger partial charge in [0.05, 0.1) is 11.7 Å². The number of benzene rings is 1. The number of rotatable bonds is 4. The van der Waals surface area contributed by atoms with Crippen molar-refractivity contribution in [1.29, 1.82) is 0 Å². The maximum absolute atomic E-state index is 12.8. The number of hydrogen-bond donors (Lipinski definition) is 2. The maximum atomic E-state index is 12.8. The third kappa shape index (κ3) is 3.09. The highest BCUT2D eigenvalue weighted by Gasteiger charge is 2.52. The lowest BCUT2D eigenvalue weighted by Gasteiger charge is -2.46. The van der Waals surface area contributed by atoms with Crippen LogP contribution in [0.5, 0.6) is 0 Å². The summed E-state index contributed by atoms with van der Waals surface area (Å²) in [5.41, 5.74) is 1.40. The predicted molar refractivity (Wildman–Crippen MR) is 94.7 cm³/mol. The molecule has 3 unspecified atom stereocenters. The number of carbonyl (C=O) groups is 3. The Morgan fingerprint density at radius 3 is 2.52 bits per heavy atom. The van der Waals surface area contributed by atoms with E-state index in [-0.39, 0.29) is 24.0 Å². The standard InChI is InChI=1S/C19H22N2O6/c22-16(23)10-27-19(26)20(11-8-9-11)17-12-4-1-2-6-14(12)21(18(24)25)15-7-3-5-13(15)17/h1-2,4,6,11,13,15,17H,3,5,7-10H2,(H,22,23)(H,24,25). The van der Waals surface area contributed by atoms with Crippen molar-refractivity contribution in [3.05, 3.63) is 29.8 Å². The molecular weight excluding hydrogens is 352 g/mol. The fourth-order valence-corrected chi connectivity index (χ4v) is 4.67. The molecule has 2 N–H and O–H groups in total. The molecule has 4 rings (SSSR count). The topological polar surface area (TPSA) is 107 Å². The van der Waals surface area contributed by atoms with E-state index in [1.165, 1.54) is 4.90 Å². The molecule has 8 heteroatoms. The van der Waals surface area contributed by atoms with Crippen LogP contribution in [0.25, 0.3) is 0 Å². The molecular formula is C19H22N2O6. The van der Waals surface area contributed by atoms with Crippen molar-refractivity contribution in [2.24, 2.45) is 5.92 Å². The molecule has 0 bridgehead atoms. The second kappa shape index (κ2) is 6.75. The first-order valence-corrected chi connectivity index (χ1v) is 9.27. The quantitative estimate of drug-likeness (QED) is 0.839. The fourth-order valence-electron chi connectivity index (χ4n) is 4.67. The second-order valence-electron chi connectivity index (χ2n) is 7.41. The third-order valence-corrected chi connectivity index (χ3v) is 5.76. The molecule has 3 atom stereocenters. The van der Waals surface area contributed by atoms with Crippen LogP contribution in [0.3, 0.4) is 0 Å². The molecule has 0 saturated heterocycles. The van der Waals surface area contributed by atoms with Gasteiger partial charge in [0, 0.05) is 18.0 Å². The lowest BCUT2D eigenvalue weighted by Crippen LogP contribution is -2.52. The Bertz CT molecular complexity index is 777. The molecule has 2 aliphatic carbocycles. The first-order valence-electron chi connectivity index (χ1n) is 9.27. The number of aliphatic carboxylic acids is 1. The maximum Gasteiger partial charge on any atom is 0.412 e. The number of ether oxygens (including phenoxy) is 1. The van der Waals surface area contributed by atoms with Gasteiger partial charge in [-0.2, -0.15) is 0 Å². The van der Waals surface area contributed by atoms with Crippen LogP contribution in [0.2, 0.25) is 0 Å². The third-order valence-electron chi connectivity index (χ3n) is 5.76. The van der Waals surface area contributed by atoms with Crippen LogP contribution in [0, 0.1) is 5.92 Å². The van der Waals surface area contributed by atoms with E-state index in [0.29, 0.717) is 5.69 Å². The van der Waals surface area contributed by atoms with Gasteiger partial charge in [0.25, 0.3) is 0 Å². The zero-order chi connectivity index (χ0) is 19.1. The summed E-state index contributed by atoms with van der Waals surface area (Å²) in [7, 11) is 0. The van der Waals surface area contributed by atoms with Crippen molar-refractivity contribution in [2.75, 3.05) is 11.5 Å². The van der Waals surface area contributed by atoms with Gasteiger partial charge in [0.2, 0.25) is 0 Å². The first kappa shape index (κ1) is 17.6. The largest absolute Gasteiger partial charge is 0.479 e. The Labute approximate surface area is 156 Å². The van der Waals surface area contributed by atoms with Gasteiger partial charge in [-0.3, -0.25) is 9.80 Å². The molecule has 3 aliphatic rings. The van der Waals surface area contributed by atoms with E-state index >= 15 is 0 Å². The molecule has 1 aromatic rings. The minimum atomic E-state index is -1.20. The SMILES string of the molecule is O=C(O)COC(=O)N(C1CC1)C1c2ccccc2N(C(=O)O)C2CCCC21. The van der Waals surface area contributed by atoms with Gasteiger partial charge in [0.15, 0.2) is 6.61 Å². The summed E-state index contributed by atoms with van der Waals surface area (Å²) in [6.07, 6.45) is 2.56. The van der Waals surface area contributed by atoms with Crippen LogP contribution >= 0.6 is 0 Å². The second-order valence-corrected chi connectivity index (χ2v) is 7.41. The molecule has 0 spiro atoms. The molecule has 1 aliphatic heterocycles. The minimum Gasteiger partial charge on any atom is -0.479 e. The van der Waals surface area contributed by atoms with Crippen LogP contribution < -0.4 is 4.90 Å². The average Bonchev–Trinajstić information content (AvgIpc) is 3.35. The Kier molecular flexibility index (Phi) is 4.41. The predicted octanol–water partition coefficient (Wildman–Crippen LogP) is 3.08. The Hall–Kier alpha value is -2.77. The highest BCUT2D eigenvalue weighted by atomic mass is 16.6. The van der Waals surface area contributed by atoms with E-state index in [1.54, 1.807) is 17.0 Å². The van der Waals surface area contributed by atoms with Crippen molar-refractivity contribution in [3.8, 4) is 0 Å². The number of hydrogen-bond acceptors (Lipinski definition) is 4. The molecule has 144 valence electrons. The Morgan fingerprint density at radius 1 is 1.11 bits per heavy atom. The number of para-hydroxylation sites is 1. The van der Waals surface area contributed by atoms with Crippen molar-refractivity contribution < 1.29 is 29.3 Å². The van der Waals surface area contributed by atoms with Gasteiger partial charge >= 0.3 is 18.2 Å². The molecule has 1 aromatic carbocycles. The lowest BCUT2D eigenvalue weighted by atomic mass is 9.82. The zero-order valence-electron chi connectivity index (χ0n) is 14.8. The van der Waals surface area contributed by atoms with Gasteiger partial charge in [-0.25, -0.2) is 14.4 Å². The van der Waals surface area contributed by atoms with Gasteiger partial charge in [-0.1, -0.05) is 24.6 Å². The smallest absolute Gasteiger partial charge is 0.412 e. The summed E-state index contributed by atoms with van der Waals surface area (Å²) in [5, 5.41) is 18.6. The number of fused-ring (bicyclic) bond motifs is 2. The highest BCUT2D eigenvalue weighted by Crippen LogP contribution is 2.52. The summed E-state index contributed by atoms with van der Waals surface area (Å²) in [6, 6.07) is 6.82. The summed E-state index contributed by atoms with van der Waals surface area (Å²) >= 11 is 0. The molecule has 2 fully saturated rings. The van der Waals surface area contributed by atoms with Crippen molar-refractivity contribution >= 4 is 23.8 Å². The Balaban J connectivity index is 1.75. The summed E-state index contributed by atoms with van der Waals surface area (Å²) in [6.45, 7) is -0.675. The van der Waals surface area contributed by atoms with Gasteiger partial charge in [-0.05, 0) is 37.3 Å². The van der Waals surface area contributed by atoms with Crippen LogP contribution in [0.4, 0.5) is 15.3 Å².